The number of hydrogen-bond donors (Lipinski definition) is 1. The van der Waals surface area contributed by atoms with Crippen molar-refractivity contribution in [2.75, 3.05) is 13.2 Å². The average molecular weight is 202 g/mol. The minimum atomic E-state index is -0.335. The van der Waals surface area contributed by atoms with E-state index in [1.165, 1.54) is 0 Å². The molecule has 0 bridgehead atoms. The molecular formula is C10H13ClFN. The lowest BCUT2D eigenvalue weighted by Gasteiger charge is -2.12. The first-order valence-corrected chi connectivity index (χ1v) is 4.66. The van der Waals surface area contributed by atoms with E-state index in [1.54, 1.807) is 0 Å². The van der Waals surface area contributed by atoms with E-state index < -0.39 is 0 Å². The quantitative estimate of drug-likeness (QED) is 0.790. The highest BCUT2D eigenvalue weighted by Gasteiger charge is 2.02. The van der Waals surface area contributed by atoms with Gasteiger partial charge < -0.3 is 5.32 Å². The minimum absolute atomic E-state index is 0.174. The fourth-order valence-electron chi connectivity index (χ4n) is 1.14. The molecule has 0 saturated carbocycles. The number of benzene rings is 1. The van der Waals surface area contributed by atoms with Crippen molar-refractivity contribution in [2.24, 2.45) is 0 Å². The molecule has 0 radical (unpaired) electrons. The maximum absolute atomic E-state index is 11.8. The van der Waals surface area contributed by atoms with Crippen molar-refractivity contribution in [2.45, 2.75) is 13.0 Å². The molecule has 0 aliphatic heterocycles. The Hall–Kier alpha value is -0.600. The topological polar surface area (TPSA) is 12.0 Å². The third kappa shape index (κ3) is 3.33. The molecule has 1 atom stereocenters. The Morgan fingerprint density at radius 2 is 2.00 bits per heavy atom. The molecule has 0 aromatic heterocycles. The normalized spacial score (nSPS) is 12.8. The van der Waals surface area contributed by atoms with Gasteiger partial charge in [0.25, 0.3) is 0 Å². The highest BCUT2D eigenvalue weighted by molar-refractivity contribution is 6.30. The second-order valence-corrected chi connectivity index (χ2v) is 3.35. The molecule has 1 aromatic carbocycles. The lowest BCUT2D eigenvalue weighted by atomic mass is 10.1. The van der Waals surface area contributed by atoms with Crippen LogP contribution in [-0.4, -0.2) is 13.2 Å². The lowest BCUT2D eigenvalue weighted by Crippen LogP contribution is -2.20. The van der Waals surface area contributed by atoms with Crippen LogP contribution in [0.3, 0.4) is 0 Å². The maximum Gasteiger partial charge on any atom is 0.102 e. The summed E-state index contributed by atoms with van der Waals surface area (Å²) in [4.78, 5) is 0. The Bertz CT molecular complexity index is 248. The molecule has 3 heteroatoms. The van der Waals surface area contributed by atoms with E-state index in [0.29, 0.717) is 6.54 Å². The summed E-state index contributed by atoms with van der Waals surface area (Å²) >= 11 is 5.74. The van der Waals surface area contributed by atoms with Gasteiger partial charge in [0.15, 0.2) is 0 Å². The van der Waals surface area contributed by atoms with Crippen LogP contribution in [-0.2, 0) is 0 Å². The summed E-state index contributed by atoms with van der Waals surface area (Å²) in [6.45, 7) is 2.06. The minimum Gasteiger partial charge on any atom is -0.308 e. The SMILES string of the molecule is C[C@H](NCCF)c1ccc(Cl)cc1. The Kier molecular flexibility index (Phi) is 4.19. The van der Waals surface area contributed by atoms with Crippen molar-refractivity contribution in [3.63, 3.8) is 0 Å². The molecule has 0 heterocycles. The van der Waals surface area contributed by atoms with Crippen molar-refractivity contribution in [3.05, 3.63) is 34.9 Å². The smallest absolute Gasteiger partial charge is 0.102 e. The van der Waals surface area contributed by atoms with Gasteiger partial charge in [0, 0.05) is 17.6 Å². The predicted molar refractivity (Wildman–Crippen MR) is 53.8 cm³/mol. The number of alkyl halides is 1. The van der Waals surface area contributed by atoms with Crippen molar-refractivity contribution in [1.82, 2.24) is 5.32 Å². The standard InChI is InChI=1S/C10H13ClFN/c1-8(13-7-6-12)9-2-4-10(11)5-3-9/h2-5,8,13H,6-7H2,1H3/t8-/m0/s1. The predicted octanol–water partition coefficient (Wildman–Crippen LogP) is 2.96. The molecule has 13 heavy (non-hydrogen) atoms. The zero-order valence-electron chi connectivity index (χ0n) is 7.56. The number of hydrogen-bond acceptors (Lipinski definition) is 1. The average Bonchev–Trinajstić information content (AvgIpc) is 2.15. The van der Waals surface area contributed by atoms with E-state index in [9.17, 15) is 4.39 Å². The van der Waals surface area contributed by atoms with Crippen LogP contribution < -0.4 is 5.32 Å². The zero-order valence-corrected chi connectivity index (χ0v) is 8.31. The zero-order chi connectivity index (χ0) is 9.68. The van der Waals surface area contributed by atoms with Crippen LogP contribution in [0, 0.1) is 0 Å². The van der Waals surface area contributed by atoms with E-state index in [0.717, 1.165) is 10.6 Å². The van der Waals surface area contributed by atoms with Crippen LogP contribution in [0.5, 0.6) is 0 Å². The Morgan fingerprint density at radius 1 is 1.38 bits per heavy atom. The molecule has 0 unspecified atom stereocenters. The van der Waals surface area contributed by atoms with Gasteiger partial charge in [-0.2, -0.15) is 0 Å². The van der Waals surface area contributed by atoms with Crippen LogP contribution in [0.1, 0.15) is 18.5 Å². The van der Waals surface area contributed by atoms with Gasteiger partial charge in [-0.25, -0.2) is 4.39 Å². The largest absolute Gasteiger partial charge is 0.308 e. The summed E-state index contributed by atoms with van der Waals surface area (Å²) < 4.78 is 11.8. The highest BCUT2D eigenvalue weighted by atomic mass is 35.5. The van der Waals surface area contributed by atoms with Crippen molar-refractivity contribution >= 4 is 11.6 Å². The Morgan fingerprint density at radius 3 is 2.54 bits per heavy atom. The van der Waals surface area contributed by atoms with Gasteiger partial charge in [0.2, 0.25) is 0 Å². The number of halogens is 2. The summed E-state index contributed by atoms with van der Waals surface area (Å²) in [6, 6.07) is 7.74. The first-order chi connectivity index (χ1) is 6.24. The van der Waals surface area contributed by atoms with E-state index in [2.05, 4.69) is 5.32 Å². The van der Waals surface area contributed by atoms with Crippen LogP contribution in [0.25, 0.3) is 0 Å². The first kappa shape index (κ1) is 10.5. The van der Waals surface area contributed by atoms with Crippen LogP contribution in [0.2, 0.25) is 5.02 Å². The Labute approximate surface area is 82.9 Å². The molecule has 1 nitrogen and oxygen atoms in total. The van der Waals surface area contributed by atoms with Crippen molar-refractivity contribution < 1.29 is 4.39 Å². The van der Waals surface area contributed by atoms with Crippen LogP contribution in [0.15, 0.2) is 24.3 Å². The number of rotatable bonds is 4. The lowest BCUT2D eigenvalue weighted by molar-refractivity contribution is 0.444. The summed E-state index contributed by atoms with van der Waals surface area (Å²) in [5.74, 6) is 0. The molecule has 1 rings (SSSR count). The van der Waals surface area contributed by atoms with Gasteiger partial charge in [0.05, 0.1) is 0 Å². The molecule has 1 N–H and O–H groups in total. The number of nitrogens with one attached hydrogen (secondary N) is 1. The fraction of sp³-hybridized carbons (Fsp3) is 0.400. The van der Waals surface area contributed by atoms with E-state index in [-0.39, 0.29) is 12.7 Å². The highest BCUT2D eigenvalue weighted by Crippen LogP contribution is 2.15. The molecule has 72 valence electrons. The van der Waals surface area contributed by atoms with Crippen LogP contribution >= 0.6 is 11.6 Å². The molecule has 0 aliphatic carbocycles. The maximum atomic E-state index is 11.8. The summed E-state index contributed by atoms with van der Waals surface area (Å²) in [5, 5.41) is 3.77. The molecule has 0 saturated heterocycles. The van der Waals surface area contributed by atoms with Gasteiger partial charge >= 0.3 is 0 Å². The molecule has 0 fully saturated rings. The second-order valence-electron chi connectivity index (χ2n) is 2.92. The Balaban J connectivity index is 2.55. The van der Waals surface area contributed by atoms with E-state index in [1.807, 2.05) is 31.2 Å². The third-order valence-electron chi connectivity index (χ3n) is 1.92. The molecule has 1 aromatic rings. The second kappa shape index (κ2) is 5.20. The van der Waals surface area contributed by atoms with E-state index in [4.69, 9.17) is 11.6 Å². The van der Waals surface area contributed by atoms with Crippen molar-refractivity contribution in [3.8, 4) is 0 Å². The van der Waals surface area contributed by atoms with Crippen LogP contribution in [0.4, 0.5) is 4.39 Å². The van der Waals surface area contributed by atoms with Gasteiger partial charge in [-0.05, 0) is 24.6 Å². The van der Waals surface area contributed by atoms with E-state index >= 15 is 0 Å². The molecule has 0 amide bonds. The van der Waals surface area contributed by atoms with Gasteiger partial charge in [-0.15, -0.1) is 0 Å². The van der Waals surface area contributed by atoms with Gasteiger partial charge in [-0.3, -0.25) is 0 Å². The first-order valence-electron chi connectivity index (χ1n) is 4.29. The molecule has 0 spiro atoms. The summed E-state index contributed by atoms with van der Waals surface area (Å²) in [6.07, 6.45) is 0. The molecular weight excluding hydrogens is 189 g/mol. The van der Waals surface area contributed by atoms with Crippen molar-refractivity contribution in [1.29, 1.82) is 0 Å². The monoisotopic (exact) mass is 201 g/mol. The molecule has 0 aliphatic rings. The summed E-state index contributed by atoms with van der Waals surface area (Å²) in [7, 11) is 0. The fourth-order valence-corrected chi connectivity index (χ4v) is 1.27. The van der Waals surface area contributed by atoms with Gasteiger partial charge in [-0.1, -0.05) is 23.7 Å². The third-order valence-corrected chi connectivity index (χ3v) is 2.17. The summed E-state index contributed by atoms with van der Waals surface area (Å²) in [5.41, 5.74) is 1.12. The van der Waals surface area contributed by atoms with Gasteiger partial charge in [0.1, 0.15) is 6.67 Å².